The lowest BCUT2D eigenvalue weighted by Gasteiger charge is -2.03. The maximum absolute atomic E-state index is 11.7. The predicted octanol–water partition coefficient (Wildman–Crippen LogP) is 3.92. The van der Waals surface area contributed by atoms with E-state index in [9.17, 15) is 14.9 Å². The Morgan fingerprint density at radius 3 is 2.74 bits per heavy atom. The lowest BCUT2D eigenvalue weighted by Crippen LogP contribution is -2.10. The van der Waals surface area contributed by atoms with Gasteiger partial charge in [0.2, 0.25) is 0 Å². The number of hydrogen-bond acceptors (Lipinski definition) is 7. The molecule has 0 saturated heterocycles. The monoisotopic (exact) mass is 330 g/mol. The first-order valence-corrected chi connectivity index (χ1v) is 7.37. The van der Waals surface area contributed by atoms with Crippen molar-refractivity contribution in [1.82, 2.24) is 4.98 Å². The highest BCUT2D eigenvalue weighted by molar-refractivity contribution is 7.20. The fourth-order valence-corrected chi connectivity index (χ4v) is 2.71. The molecule has 0 spiro atoms. The highest BCUT2D eigenvalue weighted by Crippen LogP contribution is 2.30. The number of rotatable bonds is 4. The van der Waals surface area contributed by atoms with E-state index in [0.717, 1.165) is 16.9 Å². The first kappa shape index (κ1) is 14.9. The third-order valence-corrected chi connectivity index (χ3v) is 3.83. The summed E-state index contributed by atoms with van der Waals surface area (Å²) in [4.78, 5) is 26.0. The van der Waals surface area contributed by atoms with E-state index >= 15 is 0 Å². The first-order chi connectivity index (χ1) is 11.1. The number of ether oxygens (including phenoxy) is 2. The Morgan fingerprint density at radius 1 is 1.22 bits per heavy atom. The Balaban J connectivity index is 1.66. The SMILES string of the molecule is O=C(OCc1ccccc1)Oc1nc2ccc([N+](=O)[O-])cc2s1. The van der Waals surface area contributed by atoms with Gasteiger partial charge in [0.25, 0.3) is 10.9 Å². The molecule has 0 bridgehead atoms. The quantitative estimate of drug-likeness (QED) is 0.409. The summed E-state index contributed by atoms with van der Waals surface area (Å²) in [7, 11) is 0. The molecule has 0 aliphatic rings. The first-order valence-electron chi connectivity index (χ1n) is 6.55. The molecule has 0 unspecified atom stereocenters. The van der Waals surface area contributed by atoms with Crippen LogP contribution in [0.25, 0.3) is 10.2 Å². The second-order valence-electron chi connectivity index (χ2n) is 4.52. The minimum absolute atomic E-state index is 0.0423. The zero-order chi connectivity index (χ0) is 16.2. The molecule has 0 saturated carbocycles. The van der Waals surface area contributed by atoms with Crippen LogP contribution in [0.5, 0.6) is 5.19 Å². The summed E-state index contributed by atoms with van der Waals surface area (Å²) in [6, 6.07) is 13.4. The van der Waals surface area contributed by atoms with Gasteiger partial charge in [-0.2, -0.15) is 0 Å². The van der Waals surface area contributed by atoms with Crippen molar-refractivity contribution < 1.29 is 19.2 Å². The van der Waals surface area contributed by atoms with Gasteiger partial charge in [-0.15, -0.1) is 0 Å². The van der Waals surface area contributed by atoms with E-state index in [2.05, 4.69) is 4.98 Å². The summed E-state index contributed by atoms with van der Waals surface area (Å²) < 4.78 is 10.5. The number of nitro benzene ring substituents is 1. The average Bonchev–Trinajstić information content (AvgIpc) is 2.95. The van der Waals surface area contributed by atoms with Crippen LogP contribution in [0.3, 0.4) is 0 Å². The molecule has 0 amide bonds. The van der Waals surface area contributed by atoms with Gasteiger partial charge in [-0.05, 0) is 11.6 Å². The highest BCUT2D eigenvalue weighted by atomic mass is 32.1. The molecular weight excluding hydrogens is 320 g/mol. The van der Waals surface area contributed by atoms with Crippen molar-refractivity contribution >= 4 is 33.4 Å². The number of carbonyl (C=O) groups is 1. The Bertz CT molecular complexity index is 863. The molecule has 0 aliphatic carbocycles. The summed E-state index contributed by atoms with van der Waals surface area (Å²) in [6.45, 7) is 0.0933. The zero-order valence-corrected chi connectivity index (χ0v) is 12.5. The molecule has 1 heterocycles. The molecule has 0 N–H and O–H groups in total. The van der Waals surface area contributed by atoms with Crippen LogP contribution in [-0.4, -0.2) is 16.1 Å². The number of nitrogens with zero attached hydrogens (tertiary/aromatic N) is 2. The zero-order valence-electron chi connectivity index (χ0n) is 11.7. The Kier molecular flexibility index (Phi) is 4.15. The van der Waals surface area contributed by atoms with Crippen molar-refractivity contribution in [3.63, 3.8) is 0 Å². The van der Waals surface area contributed by atoms with Gasteiger partial charge in [-0.1, -0.05) is 41.7 Å². The topological polar surface area (TPSA) is 91.6 Å². The maximum Gasteiger partial charge on any atom is 0.516 e. The van der Waals surface area contributed by atoms with Crippen molar-refractivity contribution in [1.29, 1.82) is 0 Å². The van der Waals surface area contributed by atoms with Gasteiger partial charge in [0.1, 0.15) is 6.61 Å². The molecule has 3 rings (SSSR count). The van der Waals surface area contributed by atoms with E-state index in [-0.39, 0.29) is 17.5 Å². The van der Waals surface area contributed by atoms with E-state index in [0.29, 0.717) is 10.2 Å². The Morgan fingerprint density at radius 2 is 2.00 bits per heavy atom. The second kappa shape index (κ2) is 6.41. The highest BCUT2D eigenvalue weighted by Gasteiger charge is 2.14. The second-order valence-corrected chi connectivity index (χ2v) is 5.51. The van der Waals surface area contributed by atoms with Crippen LogP contribution in [0.4, 0.5) is 10.5 Å². The molecular formula is C15H10N2O5S. The van der Waals surface area contributed by atoms with Crippen LogP contribution < -0.4 is 4.74 Å². The molecule has 0 radical (unpaired) electrons. The third-order valence-electron chi connectivity index (χ3n) is 2.93. The van der Waals surface area contributed by atoms with Gasteiger partial charge in [0, 0.05) is 12.1 Å². The van der Waals surface area contributed by atoms with Gasteiger partial charge >= 0.3 is 6.16 Å². The van der Waals surface area contributed by atoms with Crippen LogP contribution in [0.2, 0.25) is 0 Å². The maximum atomic E-state index is 11.7. The molecule has 23 heavy (non-hydrogen) atoms. The molecule has 2 aromatic carbocycles. The van der Waals surface area contributed by atoms with Crippen molar-refractivity contribution in [2.45, 2.75) is 6.61 Å². The number of nitro groups is 1. The number of non-ortho nitro benzene ring substituents is 1. The van der Waals surface area contributed by atoms with E-state index in [1.165, 1.54) is 18.2 Å². The van der Waals surface area contributed by atoms with Crippen LogP contribution in [0, 0.1) is 10.1 Å². The van der Waals surface area contributed by atoms with Gasteiger partial charge < -0.3 is 9.47 Å². The lowest BCUT2D eigenvalue weighted by molar-refractivity contribution is -0.384. The summed E-state index contributed by atoms with van der Waals surface area (Å²) >= 11 is 1.04. The smallest absolute Gasteiger partial charge is 0.429 e. The lowest BCUT2D eigenvalue weighted by atomic mass is 10.2. The minimum Gasteiger partial charge on any atom is -0.429 e. The third kappa shape index (κ3) is 3.61. The van der Waals surface area contributed by atoms with Crippen molar-refractivity contribution in [2.24, 2.45) is 0 Å². The molecule has 8 heteroatoms. The minimum atomic E-state index is -0.873. The van der Waals surface area contributed by atoms with E-state index in [1.54, 1.807) is 0 Å². The summed E-state index contributed by atoms with van der Waals surface area (Å²) in [5.41, 5.74) is 1.31. The van der Waals surface area contributed by atoms with Crippen molar-refractivity contribution in [3.8, 4) is 5.19 Å². The normalized spacial score (nSPS) is 10.4. The van der Waals surface area contributed by atoms with Crippen LogP contribution in [0.15, 0.2) is 48.5 Å². The van der Waals surface area contributed by atoms with Gasteiger partial charge in [0.15, 0.2) is 0 Å². The van der Waals surface area contributed by atoms with Crippen molar-refractivity contribution in [2.75, 3.05) is 0 Å². The summed E-state index contributed by atoms with van der Waals surface area (Å²) in [5, 5.41) is 10.8. The molecule has 1 aromatic heterocycles. The molecule has 0 fully saturated rings. The number of carbonyl (C=O) groups excluding carboxylic acids is 1. The standard InChI is InChI=1S/C15H10N2O5S/c18-15(21-9-10-4-2-1-3-5-10)22-14-16-12-7-6-11(17(19)20)8-13(12)23-14/h1-8H,9H2. The molecule has 116 valence electrons. The number of thiazole rings is 1. The van der Waals surface area contributed by atoms with E-state index < -0.39 is 11.1 Å². The summed E-state index contributed by atoms with van der Waals surface area (Å²) in [5.74, 6) is 0. The van der Waals surface area contributed by atoms with Gasteiger partial charge in [-0.3, -0.25) is 10.1 Å². The molecule has 7 nitrogen and oxygen atoms in total. The number of fused-ring (bicyclic) bond motifs is 1. The fraction of sp³-hybridized carbons (Fsp3) is 0.0667. The molecule has 0 aliphatic heterocycles. The van der Waals surface area contributed by atoms with Crippen LogP contribution in [0.1, 0.15) is 5.56 Å². The van der Waals surface area contributed by atoms with E-state index in [4.69, 9.17) is 9.47 Å². The predicted molar refractivity (Wildman–Crippen MR) is 83.5 cm³/mol. The van der Waals surface area contributed by atoms with Crippen LogP contribution in [-0.2, 0) is 11.3 Å². The number of benzene rings is 2. The summed E-state index contributed by atoms with van der Waals surface area (Å²) in [6.07, 6.45) is -0.873. The van der Waals surface area contributed by atoms with Crippen molar-refractivity contribution in [3.05, 3.63) is 64.2 Å². The van der Waals surface area contributed by atoms with Gasteiger partial charge in [0.05, 0.1) is 15.1 Å². The number of aromatic nitrogens is 1. The largest absolute Gasteiger partial charge is 0.516 e. The Labute approximate surface area is 134 Å². The van der Waals surface area contributed by atoms with Crippen LogP contribution >= 0.6 is 11.3 Å². The number of hydrogen-bond donors (Lipinski definition) is 0. The fourth-order valence-electron chi connectivity index (χ4n) is 1.87. The molecule has 3 aromatic rings. The Hall–Kier alpha value is -3.00. The van der Waals surface area contributed by atoms with E-state index in [1.807, 2.05) is 30.3 Å². The average molecular weight is 330 g/mol. The molecule has 0 atom stereocenters. The van der Waals surface area contributed by atoms with Gasteiger partial charge in [-0.25, -0.2) is 9.78 Å².